The van der Waals surface area contributed by atoms with Crippen molar-refractivity contribution in [1.82, 2.24) is 15.0 Å². The third kappa shape index (κ3) is 4.10. The maximum absolute atomic E-state index is 12.5. The molecule has 29 heavy (non-hydrogen) atoms. The van der Waals surface area contributed by atoms with E-state index in [1.54, 1.807) is 18.2 Å². The Labute approximate surface area is 174 Å². The Balaban J connectivity index is 1.52. The number of thiazole rings is 1. The number of hydrogen-bond acceptors (Lipinski definition) is 7. The molecule has 1 aromatic carbocycles. The van der Waals surface area contributed by atoms with Gasteiger partial charge in [-0.25, -0.2) is 4.98 Å². The van der Waals surface area contributed by atoms with Gasteiger partial charge in [-0.3, -0.25) is 20.1 Å². The van der Waals surface area contributed by atoms with E-state index in [9.17, 15) is 9.90 Å². The number of aliphatic hydroxyl groups excluding tert-OH is 2. The average Bonchev–Trinajstić information content (AvgIpc) is 3.15. The van der Waals surface area contributed by atoms with E-state index in [0.717, 1.165) is 10.2 Å². The minimum Gasteiger partial charge on any atom is -0.393 e. The second kappa shape index (κ2) is 8.22. The molecular formula is C20H15ClN4O3S. The predicted molar refractivity (Wildman–Crippen MR) is 112 cm³/mol. The van der Waals surface area contributed by atoms with Gasteiger partial charge in [-0.2, -0.15) is 0 Å². The lowest BCUT2D eigenvalue weighted by atomic mass is 10.1. The third-order valence-electron chi connectivity index (χ3n) is 4.20. The van der Waals surface area contributed by atoms with E-state index in [1.807, 2.05) is 24.3 Å². The summed E-state index contributed by atoms with van der Waals surface area (Å²) in [7, 11) is 0. The molecule has 0 radical (unpaired) electrons. The number of rotatable bonds is 5. The molecule has 3 N–H and O–H groups in total. The van der Waals surface area contributed by atoms with E-state index in [2.05, 4.69) is 20.3 Å². The Morgan fingerprint density at radius 2 is 2.00 bits per heavy atom. The summed E-state index contributed by atoms with van der Waals surface area (Å²) in [4.78, 5) is 25.3. The number of para-hydroxylation sites is 1. The highest BCUT2D eigenvalue weighted by atomic mass is 35.5. The average molecular weight is 427 g/mol. The number of aromatic nitrogens is 3. The topological polar surface area (TPSA) is 108 Å². The zero-order valence-corrected chi connectivity index (χ0v) is 16.5. The Morgan fingerprint density at radius 3 is 2.69 bits per heavy atom. The molecule has 0 saturated carbocycles. The monoisotopic (exact) mass is 426 g/mol. The van der Waals surface area contributed by atoms with Crippen molar-refractivity contribution in [2.75, 3.05) is 11.9 Å². The van der Waals surface area contributed by atoms with Gasteiger partial charge >= 0.3 is 0 Å². The first-order valence-electron chi connectivity index (χ1n) is 8.63. The molecule has 0 aliphatic rings. The van der Waals surface area contributed by atoms with E-state index >= 15 is 0 Å². The van der Waals surface area contributed by atoms with Crippen molar-refractivity contribution in [2.24, 2.45) is 0 Å². The molecule has 0 unspecified atom stereocenters. The van der Waals surface area contributed by atoms with Gasteiger partial charge in [0.2, 0.25) is 0 Å². The highest BCUT2D eigenvalue weighted by molar-refractivity contribution is 7.22. The highest BCUT2D eigenvalue weighted by Crippen LogP contribution is 2.28. The van der Waals surface area contributed by atoms with Crippen LogP contribution in [0.1, 0.15) is 22.2 Å². The van der Waals surface area contributed by atoms with Crippen LogP contribution >= 0.6 is 22.9 Å². The normalized spacial score (nSPS) is 12.1. The van der Waals surface area contributed by atoms with Crippen molar-refractivity contribution in [2.45, 2.75) is 6.10 Å². The first kappa shape index (κ1) is 19.4. The number of nitrogens with one attached hydrogen (secondary N) is 1. The number of pyridine rings is 2. The smallest absolute Gasteiger partial charge is 0.276 e. The fraction of sp³-hybridized carbons (Fsp3) is 0.100. The maximum atomic E-state index is 12.5. The van der Waals surface area contributed by atoms with Crippen LogP contribution in [0.15, 0.2) is 54.9 Å². The number of benzene rings is 1. The molecule has 0 aliphatic carbocycles. The summed E-state index contributed by atoms with van der Waals surface area (Å²) < 4.78 is 0.988. The van der Waals surface area contributed by atoms with Crippen LogP contribution in [0.2, 0.25) is 5.02 Å². The van der Waals surface area contributed by atoms with Crippen LogP contribution in [-0.4, -0.2) is 37.7 Å². The summed E-state index contributed by atoms with van der Waals surface area (Å²) in [5.41, 5.74) is 2.56. The summed E-state index contributed by atoms with van der Waals surface area (Å²) in [5, 5.41) is 22.3. The molecule has 7 nitrogen and oxygen atoms in total. The lowest BCUT2D eigenvalue weighted by Crippen LogP contribution is -2.13. The molecule has 0 spiro atoms. The van der Waals surface area contributed by atoms with E-state index in [1.165, 1.54) is 23.7 Å². The lowest BCUT2D eigenvalue weighted by molar-refractivity contribution is 0.0953. The summed E-state index contributed by atoms with van der Waals surface area (Å²) in [6.45, 7) is -0.419. The molecule has 0 bridgehead atoms. The number of carbonyl (C=O) groups is 1. The van der Waals surface area contributed by atoms with Crippen LogP contribution in [-0.2, 0) is 0 Å². The number of aliphatic hydroxyl groups is 2. The van der Waals surface area contributed by atoms with Crippen LogP contribution < -0.4 is 5.32 Å². The SMILES string of the molecule is O=C(Nc1nc2ccccc2s1)c1ccc(-c2ncc([C@H](O)CO)cc2Cl)cn1. The molecule has 3 heterocycles. The number of carbonyl (C=O) groups excluding carboxylic acids is 1. The summed E-state index contributed by atoms with van der Waals surface area (Å²) in [6.07, 6.45) is 1.90. The number of nitrogens with zero attached hydrogens (tertiary/aromatic N) is 3. The van der Waals surface area contributed by atoms with Crippen LogP contribution in [0.4, 0.5) is 5.13 Å². The lowest BCUT2D eigenvalue weighted by Gasteiger charge is -2.10. The Hall–Kier alpha value is -2.91. The number of hydrogen-bond donors (Lipinski definition) is 3. The van der Waals surface area contributed by atoms with Crippen LogP contribution in [0, 0.1) is 0 Å². The Morgan fingerprint density at radius 1 is 1.17 bits per heavy atom. The molecule has 3 aromatic heterocycles. The van der Waals surface area contributed by atoms with Gasteiger partial charge < -0.3 is 10.2 Å². The van der Waals surface area contributed by atoms with Crippen LogP contribution in [0.25, 0.3) is 21.5 Å². The Kier molecular flexibility index (Phi) is 5.50. The zero-order valence-electron chi connectivity index (χ0n) is 14.9. The molecule has 0 saturated heterocycles. The van der Waals surface area contributed by atoms with Gasteiger partial charge in [0.15, 0.2) is 5.13 Å². The highest BCUT2D eigenvalue weighted by Gasteiger charge is 2.14. The molecule has 1 atom stereocenters. The largest absolute Gasteiger partial charge is 0.393 e. The van der Waals surface area contributed by atoms with Gasteiger partial charge in [0.25, 0.3) is 5.91 Å². The van der Waals surface area contributed by atoms with Crippen molar-refractivity contribution in [1.29, 1.82) is 0 Å². The van der Waals surface area contributed by atoms with Crippen LogP contribution in [0.5, 0.6) is 0 Å². The first-order chi connectivity index (χ1) is 14.0. The van der Waals surface area contributed by atoms with Gasteiger partial charge in [-0.05, 0) is 30.3 Å². The number of anilines is 1. The first-order valence-corrected chi connectivity index (χ1v) is 9.82. The molecule has 0 fully saturated rings. The third-order valence-corrected chi connectivity index (χ3v) is 5.44. The molecular weight excluding hydrogens is 412 g/mol. The van der Waals surface area contributed by atoms with Crippen molar-refractivity contribution in [3.05, 3.63) is 71.1 Å². The summed E-state index contributed by atoms with van der Waals surface area (Å²) in [5.74, 6) is -0.365. The van der Waals surface area contributed by atoms with Gasteiger partial charge in [0.05, 0.1) is 27.5 Å². The van der Waals surface area contributed by atoms with Crippen LogP contribution in [0.3, 0.4) is 0 Å². The fourth-order valence-corrected chi connectivity index (χ4v) is 3.85. The van der Waals surface area contributed by atoms with Crippen molar-refractivity contribution >= 4 is 44.2 Å². The molecule has 0 aliphatic heterocycles. The molecule has 4 aromatic rings. The molecule has 146 valence electrons. The molecule has 4 rings (SSSR count). The van der Waals surface area contributed by atoms with Gasteiger partial charge in [-0.15, -0.1) is 0 Å². The van der Waals surface area contributed by atoms with Crippen molar-refractivity contribution in [3.63, 3.8) is 0 Å². The van der Waals surface area contributed by atoms with Gasteiger partial charge in [0, 0.05) is 23.5 Å². The predicted octanol–water partition coefficient (Wildman–Crippen LogP) is 3.68. The van der Waals surface area contributed by atoms with Gasteiger partial charge in [-0.1, -0.05) is 35.1 Å². The van der Waals surface area contributed by atoms with E-state index in [4.69, 9.17) is 16.7 Å². The second-order valence-electron chi connectivity index (χ2n) is 6.17. The second-order valence-corrected chi connectivity index (χ2v) is 7.61. The van der Waals surface area contributed by atoms with E-state index < -0.39 is 12.7 Å². The molecule has 9 heteroatoms. The number of halogens is 1. The quantitative estimate of drug-likeness (QED) is 0.449. The summed E-state index contributed by atoms with van der Waals surface area (Å²) >= 11 is 7.64. The maximum Gasteiger partial charge on any atom is 0.276 e. The van der Waals surface area contributed by atoms with E-state index in [0.29, 0.717) is 27.0 Å². The molecule has 1 amide bonds. The number of amides is 1. The Bertz CT molecular complexity index is 1150. The van der Waals surface area contributed by atoms with Crippen molar-refractivity contribution < 1.29 is 15.0 Å². The van der Waals surface area contributed by atoms with E-state index in [-0.39, 0.29) is 11.6 Å². The summed E-state index contributed by atoms with van der Waals surface area (Å²) in [6, 6.07) is 12.4. The standard InChI is InChI=1S/C20H15ClN4O3S/c21-13-7-12(16(27)10-26)9-23-18(13)11-5-6-15(22-8-11)19(28)25-20-24-14-3-1-2-4-17(14)29-20/h1-9,16,26-27H,10H2,(H,24,25,28)/t16-/m1/s1. The number of fused-ring (bicyclic) bond motifs is 1. The van der Waals surface area contributed by atoms with Crippen molar-refractivity contribution in [3.8, 4) is 11.3 Å². The van der Waals surface area contributed by atoms with Gasteiger partial charge in [0.1, 0.15) is 11.8 Å². The minimum absolute atomic E-state index is 0.233. The minimum atomic E-state index is -1.04. The zero-order chi connectivity index (χ0) is 20.4. The fourth-order valence-electron chi connectivity index (χ4n) is 2.71.